The van der Waals surface area contributed by atoms with Crippen LogP contribution in [0.2, 0.25) is 0 Å². The number of aryl methyl sites for hydroxylation is 1. The number of aromatic nitrogens is 2. The Morgan fingerprint density at radius 2 is 1.74 bits per heavy atom. The number of carboxylic acid groups (broad SMARTS) is 1. The number of hydrogen-bond acceptors (Lipinski definition) is 5. The zero-order valence-corrected chi connectivity index (χ0v) is 21.1. The van der Waals surface area contributed by atoms with Crippen molar-refractivity contribution in [3.05, 3.63) is 76.9 Å². The highest BCUT2D eigenvalue weighted by Gasteiger charge is 2.23. The summed E-state index contributed by atoms with van der Waals surface area (Å²) < 4.78 is 12.5. The van der Waals surface area contributed by atoms with E-state index in [-0.39, 0.29) is 18.3 Å². The Kier molecular flexibility index (Phi) is 8.46. The molecule has 3 aromatic rings. The molecule has 0 atom stereocenters. The Morgan fingerprint density at radius 1 is 1.06 bits per heavy atom. The van der Waals surface area contributed by atoms with E-state index in [2.05, 4.69) is 11.9 Å². The number of rotatable bonds is 10. The standard InChI is InChI=1S/C28H34N2O5/c1-6-7-12-24-29-23(18-34-5)25(26(31)32)30(24)17-19-13-15-20(16-14-19)21-10-8-9-11-22(21)27(33)35-28(2,3)4/h8-11,13-16H,6-7,12,17-18H2,1-5H3,(H,31,32). The van der Waals surface area contributed by atoms with E-state index in [0.29, 0.717) is 24.2 Å². The highest BCUT2D eigenvalue weighted by atomic mass is 16.6. The SMILES string of the molecule is CCCCc1nc(COC)c(C(=O)O)n1Cc1ccc(-c2ccccc2C(=O)OC(C)(C)C)cc1. The summed E-state index contributed by atoms with van der Waals surface area (Å²) >= 11 is 0. The number of unbranched alkanes of at least 4 members (excludes halogenated alkanes) is 1. The van der Waals surface area contributed by atoms with Crippen LogP contribution in [0.5, 0.6) is 0 Å². The molecule has 0 spiro atoms. The normalized spacial score (nSPS) is 11.5. The number of imidazole rings is 1. The predicted octanol–water partition coefficient (Wildman–Crippen LogP) is 5.74. The number of benzene rings is 2. The summed E-state index contributed by atoms with van der Waals surface area (Å²) in [6, 6.07) is 15.2. The van der Waals surface area contributed by atoms with Gasteiger partial charge in [0.1, 0.15) is 11.4 Å². The molecule has 0 radical (unpaired) electrons. The number of nitrogens with zero attached hydrogens (tertiary/aromatic N) is 2. The van der Waals surface area contributed by atoms with Gasteiger partial charge in [0.2, 0.25) is 0 Å². The lowest BCUT2D eigenvalue weighted by molar-refractivity contribution is 0.00702. The van der Waals surface area contributed by atoms with Crippen LogP contribution in [-0.2, 0) is 29.0 Å². The van der Waals surface area contributed by atoms with Crippen molar-refractivity contribution >= 4 is 11.9 Å². The van der Waals surface area contributed by atoms with Gasteiger partial charge in [0, 0.05) is 20.1 Å². The summed E-state index contributed by atoms with van der Waals surface area (Å²) in [4.78, 5) is 29.4. The molecule has 2 aromatic carbocycles. The van der Waals surface area contributed by atoms with E-state index in [1.54, 1.807) is 10.6 Å². The van der Waals surface area contributed by atoms with Crippen molar-refractivity contribution in [2.75, 3.05) is 7.11 Å². The number of hydrogen-bond donors (Lipinski definition) is 1. The fourth-order valence-electron chi connectivity index (χ4n) is 3.94. The number of carbonyl (C=O) groups excluding carboxylic acids is 1. The molecule has 0 aliphatic carbocycles. The molecule has 7 heteroatoms. The number of carbonyl (C=O) groups is 2. The van der Waals surface area contributed by atoms with E-state index in [0.717, 1.165) is 35.4 Å². The quantitative estimate of drug-likeness (QED) is 0.374. The summed E-state index contributed by atoms with van der Waals surface area (Å²) in [7, 11) is 1.53. The van der Waals surface area contributed by atoms with Crippen LogP contribution < -0.4 is 0 Å². The lowest BCUT2D eigenvalue weighted by Crippen LogP contribution is -2.24. The number of esters is 1. The molecule has 186 valence electrons. The van der Waals surface area contributed by atoms with Gasteiger partial charge in [0.05, 0.1) is 17.9 Å². The van der Waals surface area contributed by atoms with Crippen LogP contribution in [-0.4, -0.2) is 39.3 Å². The number of carboxylic acids is 1. The summed E-state index contributed by atoms with van der Waals surface area (Å²) in [6.07, 6.45) is 2.60. The van der Waals surface area contributed by atoms with Crippen molar-refractivity contribution in [1.29, 1.82) is 0 Å². The zero-order valence-electron chi connectivity index (χ0n) is 21.1. The fraction of sp³-hybridized carbons (Fsp3) is 0.393. The van der Waals surface area contributed by atoms with Crippen LogP contribution in [0.4, 0.5) is 0 Å². The van der Waals surface area contributed by atoms with Crippen LogP contribution in [0.3, 0.4) is 0 Å². The molecule has 0 saturated carbocycles. The minimum absolute atomic E-state index is 0.147. The largest absolute Gasteiger partial charge is 0.477 e. The number of methoxy groups -OCH3 is 1. The number of aromatic carboxylic acids is 1. The van der Waals surface area contributed by atoms with E-state index in [9.17, 15) is 14.7 Å². The zero-order chi connectivity index (χ0) is 25.6. The molecule has 1 aromatic heterocycles. The minimum atomic E-state index is -1.02. The molecule has 7 nitrogen and oxygen atoms in total. The lowest BCUT2D eigenvalue weighted by Gasteiger charge is -2.20. The third-order valence-corrected chi connectivity index (χ3v) is 5.51. The van der Waals surface area contributed by atoms with E-state index < -0.39 is 11.6 Å². The van der Waals surface area contributed by atoms with Gasteiger partial charge in [-0.1, -0.05) is 55.8 Å². The molecule has 1 heterocycles. The predicted molar refractivity (Wildman–Crippen MR) is 135 cm³/mol. The molecule has 0 saturated heterocycles. The number of ether oxygens (including phenoxy) is 2. The maximum absolute atomic E-state index is 12.7. The Labute approximate surface area is 206 Å². The highest BCUT2D eigenvalue weighted by Crippen LogP contribution is 2.27. The van der Waals surface area contributed by atoms with E-state index in [4.69, 9.17) is 9.47 Å². The van der Waals surface area contributed by atoms with E-state index in [1.807, 2.05) is 63.2 Å². The molecular formula is C28H34N2O5. The Bertz CT molecular complexity index is 1170. The summed E-state index contributed by atoms with van der Waals surface area (Å²) in [6.45, 7) is 8.15. The van der Waals surface area contributed by atoms with Crippen LogP contribution in [0.15, 0.2) is 48.5 Å². The molecule has 0 amide bonds. The molecule has 0 aliphatic rings. The average molecular weight is 479 g/mol. The van der Waals surface area contributed by atoms with Gasteiger partial charge in [-0.3, -0.25) is 0 Å². The molecule has 0 bridgehead atoms. The fourth-order valence-corrected chi connectivity index (χ4v) is 3.94. The van der Waals surface area contributed by atoms with Gasteiger partial charge in [-0.2, -0.15) is 0 Å². The van der Waals surface area contributed by atoms with Crippen molar-refractivity contribution in [2.45, 2.75) is 65.7 Å². The van der Waals surface area contributed by atoms with Crippen LogP contribution in [0, 0.1) is 0 Å². The molecule has 1 N–H and O–H groups in total. The van der Waals surface area contributed by atoms with Gasteiger partial charge < -0.3 is 19.1 Å². The Morgan fingerprint density at radius 3 is 2.34 bits per heavy atom. The summed E-state index contributed by atoms with van der Waals surface area (Å²) in [5.41, 5.74) is 3.12. The average Bonchev–Trinajstić information content (AvgIpc) is 3.14. The first-order valence-corrected chi connectivity index (χ1v) is 11.9. The van der Waals surface area contributed by atoms with Gasteiger partial charge in [0.25, 0.3) is 0 Å². The maximum Gasteiger partial charge on any atom is 0.354 e. The first-order valence-electron chi connectivity index (χ1n) is 11.9. The van der Waals surface area contributed by atoms with Crippen LogP contribution in [0.25, 0.3) is 11.1 Å². The van der Waals surface area contributed by atoms with Crippen molar-refractivity contribution < 1.29 is 24.2 Å². The van der Waals surface area contributed by atoms with Crippen molar-refractivity contribution in [2.24, 2.45) is 0 Å². The van der Waals surface area contributed by atoms with Gasteiger partial charge in [-0.15, -0.1) is 0 Å². The molecule has 0 fully saturated rings. The molecule has 3 rings (SSSR count). The lowest BCUT2D eigenvalue weighted by atomic mass is 9.98. The summed E-state index contributed by atoms with van der Waals surface area (Å²) in [5.74, 6) is -0.640. The van der Waals surface area contributed by atoms with Gasteiger partial charge >= 0.3 is 11.9 Å². The summed E-state index contributed by atoms with van der Waals surface area (Å²) in [5, 5.41) is 9.89. The smallest absolute Gasteiger partial charge is 0.354 e. The molecule has 35 heavy (non-hydrogen) atoms. The highest BCUT2D eigenvalue weighted by molar-refractivity contribution is 5.97. The first-order chi connectivity index (χ1) is 16.6. The second-order valence-corrected chi connectivity index (χ2v) is 9.50. The Hall–Kier alpha value is -3.45. The van der Waals surface area contributed by atoms with Gasteiger partial charge in [-0.25, -0.2) is 14.6 Å². The first kappa shape index (κ1) is 26.2. The van der Waals surface area contributed by atoms with Crippen molar-refractivity contribution in [3.63, 3.8) is 0 Å². The van der Waals surface area contributed by atoms with Crippen molar-refractivity contribution in [3.8, 4) is 11.1 Å². The minimum Gasteiger partial charge on any atom is -0.477 e. The second kappa shape index (κ2) is 11.3. The molecule has 0 unspecified atom stereocenters. The third kappa shape index (κ3) is 6.57. The van der Waals surface area contributed by atoms with E-state index >= 15 is 0 Å². The van der Waals surface area contributed by atoms with E-state index in [1.165, 1.54) is 7.11 Å². The monoisotopic (exact) mass is 478 g/mol. The third-order valence-electron chi connectivity index (χ3n) is 5.51. The van der Waals surface area contributed by atoms with Crippen molar-refractivity contribution in [1.82, 2.24) is 9.55 Å². The van der Waals surface area contributed by atoms with Gasteiger partial charge in [-0.05, 0) is 49.9 Å². The van der Waals surface area contributed by atoms with Crippen LogP contribution >= 0.6 is 0 Å². The second-order valence-electron chi connectivity index (χ2n) is 9.50. The molecular weight excluding hydrogens is 444 g/mol. The topological polar surface area (TPSA) is 90.6 Å². The van der Waals surface area contributed by atoms with Crippen LogP contribution in [0.1, 0.15) is 78.5 Å². The maximum atomic E-state index is 12.7. The van der Waals surface area contributed by atoms with Gasteiger partial charge in [0.15, 0.2) is 5.69 Å². The molecule has 0 aliphatic heterocycles. The Balaban J connectivity index is 1.93.